The van der Waals surface area contributed by atoms with Gasteiger partial charge in [0.1, 0.15) is 6.10 Å². The second kappa shape index (κ2) is 6.55. The van der Waals surface area contributed by atoms with E-state index in [4.69, 9.17) is 4.74 Å². The first kappa shape index (κ1) is 16.2. The minimum absolute atomic E-state index is 0.0365. The number of benzene rings is 1. The highest BCUT2D eigenvalue weighted by atomic mass is 16.5. The Morgan fingerprint density at radius 2 is 1.70 bits per heavy atom. The summed E-state index contributed by atoms with van der Waals surface area (Å²) in [6.45, 7) is 9.15. The number of carbonyl (C=O) groups excluding carboxylic acids is 2. The smallest absolute Gasteiger partial charge is 0.303 e. The maximum atomic E-state index is 11.8. The Labute approximate surface area is 120 Å². The molecule has 0 saturated carbocycles. The highest BCUT2D eigenvalue weighted by Crippen LogP contribution is 2.23. The van der Waals surface area contributed by atoms with Crippen LogP contribution in [-0.2, 0) is 14.3 Å². The molecule has 0 N–H and O–H groups in total. The van der Waals surface area contributed by atoms with Crippen molar-refractivity contribution in [3.63, 3.8) is 0 Å². The van der Waals surface area contributed by atoms with Gasteiger partial charge in [-0.15, -0.1) is 0 Å². The van der Waals surface area contributed by atoms with Gasteiger partial charge in [0.2, 0.25) is 5.91 Å². The summed E-state index contributed by atoms with van der Waals surface area (Å²) in [4.78, 5) is 24.8. The predicted molar refractivity (Wildman–Crippen MR) is 78.1 cm³/mol. The van der Waals surface area contributed by atoms with E-state index in [1.165, 1.54) is 13.8 Å². The lowest BCUT2D eigenvalue weighted by Crippen LogP contribution is -2.47. The molecule has 20 heavy (non-hydrogen) atoms. The number of rotatable bonds is 4. The number of esters is 1. The third kappa shape index (κ3) is 4.68. The minimum atomic E-state index is -0.447. The van der Waals surface area contributed by atoms with Crippen molar-refractivity contribution in [2.24, 2.45) is 0 Å². The number of amides is 1. The van der Waals surface area contributed by atoms with Crippen LogP contribution in [0.1, 0.15) is 46.3 Å². The van der Waals surface area contributed by atoms with Crippen LogP contribution >= 0.6 is 0 Å². The topological polar surface area (TPSA) is 46.6 Å². The molecule has 0 fully saturated rings. The summed E-state index contributed by atoms with van der Waals surface area (Å²) in [5.74, 6) is -0.387. The van der Waals surface area contributed by atoms with Gasteiger partial charge in [-0.25, -0.2) is 0 Å². The van der Waals surface area contributed by atoms with Crippen LogP contribution in [0.4, 0.5) is 0 Å². The SMILES string of the molecule is CC(=O)O[C@@H](CN(C(C)=O)C(C)(C)C)c1ccccc1. The lowest BCUT2D eigenvalue weighted by atomic mass is 10.0. The molecule has 4 heteroatoms. The molecule has 0 aliphatic carbocycles. The highest BCUT2D eigenvalue weighted by molar-refractivity contribution is 5.74. The molecule has 0 radical (unpaired) electrons. The Bertz CT molecular complexity index is 462. The molecule has 0 spiro atoms. The van der Waals surface area contributed by atoms with E-state index in [1.54, 1.807) is 4.90 Å². The third-order valence-electron chi connectivity index (χ3n) is 3.02. The van der Waals surface area contributed by atoms with Crippen molar-refractivity contribution in [3.8, 4) is 0 Å². The van der Waals surface area contributed by atoms with Crippen molar-refractivity contribution in [2.45, 2.75) is 46.3 Å². The largest absolute Gasteiger partial charge is 0.456 e. The Morgan fingerprint density at radius 3 is 2.10 bits per heavy atom. The van der Waals surface area contributed by atoms with Crippen molar-refractivity contribution >= 4 is 11.9 Å². The predicted octanol–water partition coefficient (Wildman–Crippen LogP) is 2.94. The molecule has 1 amide bonds. The summed E-state index contributed by atoms with van der Waals surface area (Å²) in [6, 6.07) is 9.48. The van der Waals surface area contributed by atoms with Gasteiger partial charge in [-0.3, -0.25) is 9.59 Å². The Kier molecular flexibility index (Phi) is 5.31. The molecule has 0 bridgehead atoms. The number of hydrogen-bond acceptors (Lipinski definition) is 3. The molecule has 0 heterocycles. The van der Waals surface area contributed by atoms with Crippen LogP contribution in [0.15, 0.2) is 30.3 Å². The van der Waals surface area contributed by atoms with Gasteiger partial charge in [0.05, 0.1) is 6.54 Å². The van der Waals surface area contributed by atoms with Crippen LogP contribution in [0.2, 0.25) is 0 Å². The van der Waals surface area contributed by atoms with Gasteiger partial charge in [0.25, 0.3) is 0 Å². The zero-order valence-electron chi connectivity index (χ0n) is 12.8. The lowest BCUT2D eigenvalue weighted by Gasteiger charge is -2.37. The van der Waals surface area contributed by atoms with E-state index in [1.807, 2.05) is 51.1 Å². The van der Waals surface area contributed by atoms with Gasteiger partial charge < -0.3 is 9.64 Å². The fourth-order valence-electron chi connectivity index (χ4n) is 2.12. The maximum Gasteiger partial charge on any atom is 0.303 e. The van der Waals surface area contributed by atoms with Crippen LogP contribution < -0.4 is 0 Å². The molecule has 0 aromatic heterocycles. The molecule has 0 aliphatic heterocycles. The summed E-state index contributed by atoms with van der Waals surface area (Å²) in [5, 5.41) is 0. The first-order valence-corrected chi connectivity index (χ1v) is 6.72. The summed E-state index contributed by atoms with van der Waals surface area (Å²) in [5.41, 5.74) is 0.567. The summed E-state index contributed by atoms with van der Waals surface area (Å²) in [7, 11) is 0. The van der Waals surface area contributed by atoms with Crippen molar-refractivity contribution in [1.29, 1.82) is 0 Å². The fourth-order valence-corrected chi connectivity index (χ4v) is 2.12. The Morgan fingerprint density at radius 1 is 1.15 bits per heavy atom. The monoisotopic (exact) mass is 277 g/mol. The third-order valence-corrected chi connectivity index (χ3v) is 3.02. The molecular weight excluding hydrogens is 254 g/mol. The number of nitrogens with zero attached hydrogens (tertiary/aromatic N) is 1. The molecule has 1 atom stereocenters. The van der Waals surface area contributed by atoms with E-state index in [2.05, 4.69) is 0 Å². The molecule has 4 nitrogen and oxygen atoms in total. The van der Waals surface area contributed by atoms with E-state index in [0.717, 1.165) is 5.56 Å². The lowest BCUT2D eigenvalue weighted by molar-refractivity contribution is -0.152. The Balaban J connectivity index is 3.00. The van der Waals surface area contributed by atoms with Gasteiger partial charge in [-0.1, -0.05) is 30.3 Å². The molecular formula is C16H23NO3. The van der Waals surface area contributed by atoms with Crippen LogP contribution in [-0.4, -0.2) is 28.9 Å². The molecule has 0 saturated heterocycles. The van der Waals surface area contributed by atoms with E-state index in [-0.39, 0.29) is 17.4 Å². The number of carbonyl (C=O) groups is 2. The quantitative estimate of drug-likeness (QED) is 0.795. The van der Waals surface area contributed by atoms with E-state index < -0.39 is 6.10 Å². The van der Waals surface area contributed by atoms with Crippen molar-refractivity contribution in [3.05, 3.63) is 35.9 Å². The normalized spacial score (nSPS) is 12.7. The molecule has 0 aliphatic rings. The maximum absolute atomic E-state index is 11.8. The zero-order chi connectivity index (χ0) is 15.3. The standard InChI is InChI=1S/C16H23NO3/c1-12(18)17(16(3,4)5)11-15(20-13(2)19)14-9-7-6-8-10-14/h6-10,15H,11H2,1-5H3/t15-/m0/s1. The average molecular weight is 277 g/mol. The van der Waals surface area contributed by atoms with Crippen molar-refractivity contribution in [2.75, 3.05) is 6.54 Å². The van der Waals surface area contributed by atoms with Crippen molar-refractivity contribution < 1.29 is 14.3 Å². The summed E-state index contributed by atoms with van der Waals surface area (Å²) < 4.78 is 5.38. The average Bonchev–Trinajstić information content (AvgIpc) is 2.33. The van der Waals surface area contributed by atoms with Gasteiger partial charge in [-0.2, -0.15) is 0 Å². The van der Waals surface area contributed by atoms with E-state index in [0.29, 0.717) is 6.54 Å². The van der Waals surface area contributed by atoms with Crippen LogP contribution in [0.25, 0.3) is 0 Å². The summed E-state index contributed by atoms with van der Waals surface area (Å²) in [6.07, 6.45) is -0.447. The molecule has 1 rings (SSSR count). The first-order chi connectivity index (χ1) is 9.21. The summed E-state index contributed by atoms with van der Waals surface area (Å²) >= 11 is 0. The second-order valence-electron chi connectivity index (χ2n) is 5.81. The van der Waals surface area contributed by atoms with Gasteiger partial charge in [0, 0.05) is 19.4 Å². The Hall–Kier alpha value is -1.84. The first-order valence-electron chi connectivity index (χ1n) is 6.72. The van der Waals surface area contributed by atoms with Crippen molar-refractivity contribution in [1.82, 2.24) is 4.90 Å². The van der Waals surface area contributed by atoms with E-state index in [9.17, 15) is 9.59 Å². The molecule has 1 aromatic rings. The van der Waals surface area contributed by atoms with Crippen LogP contribution in [0.3, 0.4) is 0 Å². The molecule has 1 aromatic carbocycles. The second-order valence-corrected chi connectivity index (χ2v) is 5.81. The highest BCUT2D eigenvalue weighted by Gasteiger charge is 2.28. The number of ether oxygens (including phenoxy) is 1. The molecule has 0 unspecified atom stereocenters. The zero-order valence-corrected chi connectivity index (χ0v) is 12.8. The van der Waals surface area contributed by atoms with Crippen LogP contribution in [0, 0.1) is 0 Å². The van der Waals surface area contributed by atoms with Gasteiger partial charge in [-0.05, 0) is 26.3 Å². The fraction of sp³-hybridized carbons (Fsp3) is 0.500. The number of hydrogen-bond donors (Lipinski definition) is 0. The molecule has 110 valence electrons. The van der Waals surface area contributed by atoms with Crippen LogP contribution in [0.5, 0.6) is 0 Å². The minimum Gasteiger partial charge on any atom is -0.456 e. The van der Waals surface area contributed by atoms with Gasteiger partial charge >= 0.3 is 5.97 Å². The van der Waals surface area contributed by atoms with Gasteiger partial charge in [0.15, 0.2) is 0 Å². The van der Waals surface area contributed by atoms with E-state index >= 15 is 0 Å².